The topological polar surface area (TPSA) is 41.1 Å². The Bertz CT molecular complexity index is 705. The molecule has 5 heteroatoms. The molecule has 0 aliphatic carbocycles. The van der Waals surface area contributed by atoms with Crippen LogP contribution >= 0.6 is 11.6 Å². The molecule has 0 radical (unpaired) electrons. The van der Waals surface area contributed by atoms with Gasteiger partial charge < -0.3 is 5.32 Å². The predicted octanol–water partition coefficient (Wildman–Crippen LogP) is 4.47. The van der Waals surface area contributed by atoms with Crippen LogP contribution in [-0.2, 0) is 4.79 Å². The molecule has 0 heterocycles. The van der Waals surface area contributed by atoms with Crippen LogP contribution in [0.3, 0.4) is 0 Å². The molecule has 23 heavy (non-hydrogen) atoms. The molecule has 2 atom stereocenters. The molecule has 2 rings (SSSR count). The fraction of sp³-hybridized carbons (Fsp3) is 0.278. The highest BCUT2D eigenvalue weighted by atomic mass is 35.5. The van der Waals surface area contributed by atoms with Crippen molar-refractivity contribution in [1.29, 1.82) is 0 Å². The van der Waals surface area contributed by atoms with Gasteiger partial charge in [-0.05, 0) is 50.1 Å². The van der Waals surface area contributed by atoms with Crippen molar-refractivity contribution < 1.29 is 9.18 Å². The molecule has 0 saturated heterocycles. The van der Waals surface area contributed by atoms with Gasteiger partial charge in [-0.15, -0.1) is 0 Å². The van der Waals surface area contributed by atoms with E-state index in [4.69, 9.17) is 11.6 Å². The van der Waals surface area contributed by atoms with Crippen LogP contribution in [0.1, 0.15) is 31.0 Å². The number of anilines is 1. The Morgan fingerprint density at radius 2 is 1.87 bits per heavy atom. The van der Waals surface area contributed by atoms with Gasteiger partial charge in [-0.3, -0.25) is 10.1 Å². The van der Waals surface area contributed by atoms with Crippen molar-refractivity contribution in [3.63, 3.8) is 0 Å². The molecule has 3 nitrogen and oxygen atoms in total. The molecular formula is C18H20ClFN2O. The average Bonchev–Trinajstić information content (AvgIpc) is 2.50. The molecule has 0 saturated carbocycles. The Hall–Kier alpha value is -1.91. The predicted molar refractivity (Wildman–Crippen MR) is 92.2 cm³/mol. The lowest BCUT2D eigenvalue weighted by atomic mass is 10.0. The van der Waals surface area contributed by atoms with Gasteiger partial charge in [-0.1, -0.05) is 35.9 Å². The van der Waals surface area contributed by atoms with Crippen LogP contribution in [0.2, 0.25) is 5.02 Å². The van der Waals surface area contributed by atoms with Crippen LogP contribution < -0.4 is 10.6 Å². The molecular weight excluding hydrogens is 315 g/mol. The quantitative estimate of drug-likeness (QED) is 0.847. The van der Waals surface area contributed by atoms with Gasteiger partial charge in [-0.2, -0.15) is 0 Å². The van der Waals surface area contributed by atoms with E-state index in [1.54, 1.807) is 6.92 Å². The van der Waals surface area contributed by atoms with E-state index < -0.39 is 11.9 Å². The van der Waals surface area contributed by atoms with Crippen LogP contribution in [-0.4, -0.2) is 11.9 Å². The fourth-order valence-corrected chi connectivity index (χ4v) is 2.66. The number of hydrogen-bond acceptors (Lipinski definition) is 2. The minimum Gasteiger partial charge on any atom is -0.323 e. The van der Waals surface area contributed by atoms with E-state index in [1.165, 1.54) is 23.8 Å². The first-order valence-electron chi connectivity index (χ1n) is 7.46. The number of rotatable bonds is 5. The average molecular weight is 335 g/mol. The summed E-state index contributed by atoms with van der Waals surface area (Å²) in [7, 11) is 0. The lowest BCUT2D eigenvalue weighted by Gasteiger charge is -2.21. The van der Waals surface area contributed by atoms with E-state index in [-0.39, 0.29) is 17.0 Å². The Labute approximate surface area is 140 Å². The van der Waals surface area contributed by atoms with Crippen molar-refractivity contribution in [1.82, 2.24) is 5.32 Å². The fourth-order valence-electron chi connectivity index (χ4n) is 2.44. The largest absolute Gasteiger partial charge is 0.323 e. The van der Waals surface area contributed by atoms with Crippen LogP contribution in [0.15, 0.2) is 42.5 Å². The minimum atomic E-state index is -0.438. The van der Waals surface area contributed by atoms with Crippen LogP contribution in [0, 0.1) is 12.7 Å². The van der Waals surface area contributed by atoms with Gasteiger partial charge in [0, 0.05) is 6.04 Å². The highest BCUT2D eigenvalue weighted by molar-refractivity contribution is 6.33. The lowest BCUT2D eigenvalue weighted by Crippen LogP contribution is -2.39. The second-order valence-corrected chi connectivity index (χ2v) is 5.99. The number of carbonyl (C=O) groups is 1. The standard InChI is InChI=1S/C18H20ClFN2O/c1-11-6-4-5-7-15(11)12(2)21-13(3)18(23)22-17-9-8-14(20)10-16(17)19/h4-10,12-13,21H,1-3H3,(H,22,23)/t12-,13+/m0/s1. The maximum atomic E-state index is 13.0. The lowest BCUT2D eigenvalue weighted by molar-refractivity contribution is -0.117. The van der Waals surface area contributed by atoms with Gasteiger partial charge in [0.15, 0.2) is 0 Å². The van der Waals surface area contributed by atoms with Crippen molar-refractivity contribution in [3.8, 4) is 0 Å². The number of amides is 1. The molecule has 122 valence electrons. The van der Waals surface area contributed by atoms with Gasteiger partial charge in [-0.25, -0.2) is 4.39 Å². The first-order valence-corrected chi connectivity index (χ1v) is 7.83. The van der Waals surface area contributed by atoms with Crippen molar-refractivity contribution in [2.75, 3.05) is 5.32 Å². The third-order valence-corrected chi connectivity index (χ3v) is 4.05. The number of benzene rings is 2. The van der Waals surface area contributed by atoms with Crippen LogP contribution in [0.4, 0.5) is 10.1 Å². The van der Waals surface area contributed by atoms with Crippen molar-refractivity contribution in [2.24, 2.45) is 0 Å². The summed E-state index contributed by atoms with van der Waals surface area (Å²) in [5.41, 5.74) is 2.71. The monoisotopic (exact) mass is 334 g/mol. The maximum absolute atomic E-state index is 13.0. The molecule has 1 amide bonds. The summed E-state index contributed by atoms with van der Waals surface area (Å²) in [4.78, 5) is 12.3. The maximum Gasteiger partial charge on any atom is 0.241 e. The van der Waals surface area contributed by atoms with Crippen LogP contribution in [0.5, 0.6) is 0 Å². The SMILES string of the molecule is Cc1ccccc1[C@H](C)N[C@H](C)C(=O)Nc1ccc(F)cc1Cl. The van der Waals surface area contributed by atoms with Gasteiger partial charge in [0.2, 0.25) is 5.91 Å². The number of carbonyl (C=O) groups excluding carboxylic acids is 1. The minimum absolute atomic E-state index is 0.0284. The van der Waals surface area contributed by atoms with E-state index >= 15 is 0 Å². The molecule has 0 bridgehead atoms. The summed E-state index contributed by atoms with van der Waals surface area (Å²) < 4.78 is 13.0. The molecule has 0 aromatic heterocycles. The highest BCUT2D eigenvalue weighted by Crippen LogP contribution is 2.23. The molecule has 0 spiro atoms. The summed E-state index contributed by atoms with van der Waals surface area (Å²) in [6, 6.07) is 11.5. The van der Waals surface area contributed by atoms with E-state index in [1.807, 2.05) is 38.1 Å². The van der Waals surface area contributed by atoms with E-state index in [9.17, 15) is 9.18 Å². The molecule has 0 aliphatic rings. The first kappa shape index (κ1) is 17.4. The third kappa shape index (κ3) is 4.53. The summed E-state index contributed by atoms with van der Waals surface area (Å²) in [5, 5.41) is 6.15. The summed E-state index contributed by atoms with van der Waals surface area (Å²) >= 11 is 5.93. The van der Waals surface area contributed by atoms with Gasteiger partial charge in [0.25, 0.3) is 0 Å². The molecule has 0 fully saturated rings. The number of halogens is 2. The number of hydrogen-bond donors (Lipinski definition) is 2. The van der Waals surface area contributed by atoms with E-state index in [0.717, 1.165) is 5.56 Å². The number of nitrogens with one attached hydrogen (secondary N) is 2. The zero-order valence-electron chi connectivity index (χ0n) is 13.4. The second-order valence-electron chi connectivity index (χ2n) is 5.58. The van der Waals surface area contributed by atoms with E-state index in [0.29, 0.717) is 5.69 Å². The summed E-state index contributed by atoms with van der Waals surface area (Å²) in [6.07, 6.45) is 0. The smallest absolute Gasteiger partial charge is 0.241 e. The Balaban J connectivity index is 2.01. The third-order valence-electron chi connectivity index (χ3n) is 3.74. The normalized spacial score (nSPS) is 13.4. The van der Waals surface area contributed by atoms with Crippen LogP contribution in [0.25, 0.3) is 0 Å². The Kier molecular flexibility index (Phi) is 5.74. The zero-order chi connectivity index (χ0) is 17.0. The van der Waals surface area contributed by atoms with Crippen molar-refractivity contribution >= 4 is 23.2 Å². The number of aryl methyl sites for hydroxylation is 1. The highest BCUT2D eigenvalue weighted by Gasteiger charge is 2.18. The Morgan fingerprint density at radius 3 is 2.52 bits per heavy atom. The molecule has 2 aromatic rings. The van der Waals surface area contributed by atoms with Gasteiger partial charge in [0.1, 0.15) is 5.82 Å². The van der Waals surface area contributed by atoms with E-state index in [2.05, 4.69) is 10.6 Å². The molecule has 0 unspecified atom stereocenters. The summed E-state index contributed by atoms with van der Waals surface area (Å²) in [5.74, 6) is -0.661. The second kappa shape index (κ2) is 7.57. The summed E-state index contributed by atoms with van der Waals surface area (Å²) in [6.45, 7) is 5.83. The molecule has 0 aliphatic heterocycles. The zero-order valence-corrected chi connectivity index (χ0v) is 14.1. The molecule has 2 N–H and O–H groups in total. The Morgan fingerprint density at radius 1 is 1.17 bits per heavy atom. The van der Waals surface area contributed by atoms with Crippen molar-refractivity contribution in [3.05, 3.63) is 64.4 Å². The first-order chi connectivity index (χ1) is 10.9. The molecule has 2 aromatic carbocycles. The van der Waals surface area contributed by atoms with Gasteiger partial charge in [0.05, 0.1) is 16.8 Å². The van der Waals surface area contributed by atoms with Gasteiger partial charge >= 0.3 is 0 Å². The van der Waals surface area contributed by atoms with Crippen molar-refractivity contribution in [2.45, 2.75) is 32.9 Å².